The van der Waals surface area contributed by atoms with Gasteiger partial charge in [-0.3, -0.25) is 9.48 Å². The van der Waals surface area contributed by atoms with Gasteiger partial charge in [-0.1, -0.05) is 27.7 Å². The van der Waals surface area contributed by atoms with Crippen LogP contribution in [0.1, 0.15) is 72.4 Å². The molecule has 7 nitrogen and oxygen atoms in total. The van der Waals surface area contributed by atoms with Crippen LogP contribution in [0.25, 0.3) is 0 Å². The Hall–Kier alpha value is -2.05. The minimum atomic E-state index is -0.871. The standard InChI is InChI=1S/C18H32N4O3/c1-12(2)8-10-22-16(13(3)4)14(11-19-22)20-17(25)21-18(5,6)9-7-15(23)24/h11-13H,7-10H2,1-6H3,(H,23,24)(H2,20,21,25). The molecule has 1 aromatic heterocycles. The number of amides is 2. The summed E-state index contributed by atoms with van der Waals surface area (Å²) in [4.78, 5) is 23.0. The number of anilines is 1. The van der Waals surface area contributed by atoms with Gasteiger partial charge in [-0.05, 0) is 38.5 Å². The molecule has 142 valence electrons. The highest BCUT2D eigenvalue weighted by Gasteiger charge is 2.23. The van der Waals surface area contributed by atoms with Crippen molar-refractivity contribution in [2.45, 2.75) is 78.8 Å². The summed E-state index contributed by atoms with van der Waals surface area (Å²) in [5.74, 6) is -0.0623. The summed E-state index contributed by atoms with van der Waals surface area (Å²) < 4.78 is 1.95. The summed E-state index contributed by atoms with van der Waals surface area (Å²) in [6, 6.07) is -0.347. The SMILES string of the molecule is CC(C)CCn1ncc(NC(=O)NC(C)(C)CCC(=O)O)c1C(C)C. The number of carbonyl (C=O) groups is 2. The number of nitrogens with one attached hydrogen (secondary N) is 2. The molecule has 0 radical (unpaired) electrons. The van der Waals surface area contributed by atoms with Gasteiger partial charge >= 0.3 is 12.0 Å². The number of aryl methyl sites for hydroxylation is 1. The van der Waals surface area contributed by atoms with Gasteiger partial charge in [0, 0.05) is 18.5 Å². The maximum absolute atomic E-state index is 12.3. The molecule has 0 aromatic carbocycles. The zero-order valence-electron chi connectivity index (χ0n) is 16.2. The van der Waals surface area contributed by atoms with Crippen molar-refractivity contribution < 1.29 is 14.7 Å². The van der Waals surface area contributed by atoms with Crippen molar-refractivity contribution in [3.8, 4) is 0 Å². The number of aromatic nitrogens is 2. The van der Waals surface area contributed by atoms with Crippen LogP contribution in [0.5, 0.6) is 0 Å². The van der Waals surface area contributed by atoms with E-state index in [1.54, 1.807) is 6.20 Å². The van der Waals surface area contributed by atoms with Crippen molar-refractivity contribution in [2.75, 3.05) is 5.32 Å². The molecule has 2 amide bonds. The van der Waals surface area contributed by atoms with Gasteiger partial charge in [0.25, 0.3) is 0 Å². The van der Waals surface area contributed by atoms with Crippen LogP contribution in [-0.4, -0.2) is 32.4 Å². The van der Waals surface area contributed by atoms with Crippen molar-refractivity contribution >= 4 is 17.7 Å². The average molecular weight is 352 g/mol. The third-order valence-corrected chi connectivity index (χ3v) is 4.01. The molecule has 1 rings (SSSR count). The van der Waals surface area contributed by atoms with Crippen molar-refractivity contribution in [1.29, 1.82) is 0 Å². The van der Waals surface area contributed by atoms with Crippen molar-refractivity contribution in [2.24, 2.45) is 5.92 Å². The van der Waals surface area contributed by atoms with E-state index >= 15 is 0 Å². The van der Waals surface area contributed by atoms with E-state index in [-0.39, 0.29) is 18.4 Å². The van der Waals surface area contributed by atoms with Crippen LogP contribution in [-0.2, 0) is 11.3 Å². The lowest BCUT2D eigenvalue weighted by Gasteiger charge is -2.25. The fourth-order valence-electron chi connectivity index (χ4n) is 2.60. The molecule has 0 atom stereocenters. The van der Waals surface area contributed by atoms with E-state index in [2.05, 4.69) is 43.4 Å². The molecule has 0 bridgehead atoms. The molecule has 0 unspecified atom stereocenters. The summed E-state index contributed by atoms with van der Waals surface area (Å²) in [5, 5.41) is 18.9. The molecule has 7 heteroatoms. The van der Waals surface area contributed by atoms with Crippen LogP contribution >= 0.6 is 0 Å². The van der Waals surface area contributed by atoms with Crippen LogP contribution in [0.4, 0.5) is 10.5 Å². The van der Waals surface area contributed by atoms with Crippen molar-refractivity contribution in [3.05, 3.63) is 11.9 Å². The molecule has 0 aliphatic carbocycles. The summed E-state index contributed by atoms with van der Waals surface area (Å²) in [5.41, 5.74) is 1.10. The third-order valence-electron chi connectivity index (χ3n) is 4.01. The topological polar surface area (TPSA) is 96.3 Å². The second-order valence-corrected chi connectivity index (χ2v) is 7.86. The molecule has 3 N–H and O–H groups in total. The molecule has 0 spiro atoms. The Morgan fingerprint density at radius 3 is 2.44 bits per heavy atom. The Kier molecular flexibility index (Phi) is 7.45. The Morgan fingerprint density at radius 2 is 1.92 bits per heavy atom. The Balaban J connectivity index is 2.78. The normalized spacial score (nSPS) is 11.8. The second-order valence-electron chi connectivity index (χ2n) is 7.86. The predicted octanol–water partition coefficient (Wildman–Crippen LogP) is 3.82. The smallest absolute Gasteiger partial charge is 0.319 e. The van der Waals surface area contributed by atoms with E-state index in [0.29, 0.717) is 18.0 Å². The first-order valence-electron chi connectivity index (χ1n) is 8.88. The van der Waals surface area contributed by atoms with Crippen LogP contribution < -0.4 is 10.6 Å². The minimum absolute atomic E-state index is 0.0116. The number of carbonyl (C=O) groups excluding carboxylic acids is 1. The lowest BCUT2D eigenvalue weighted by atomic mass is 9.99. The zero-order valence-corrected chi connectivity index (χ0v) is 16.2. The maximum Gasteiger partial charge on any atom is 0.319 e. The first-order chi connectivity index (χ1) is 11.5. The molecule has 0 aliphatic rings. The summed E-state index contributed by atoms with van der Waals surface area (Å²) in [6.07, 6.45) is 3.08. The van der Waals surface area contributed by atoms with Crippen LogP contribution in [0, 0.1) is 5.92 Å². The van der Waals surface area contributed by atoms with Gasteiger partial charge in [0.1, 0.15) is 0 Å². The summed E-state index contributed by atoms with van der Waals surface area (Å²) in [6.45, 7) is 12.9. The number of nitrogens with zero attached hydrogens (tertiary/aromatic N) is 2. The number of rotatable bonds is 9. The number of carboxylic acids is 1. The third kappa shape index (κ3) is 7.15. The van der Waals surface area contributed by atoms with E-state index in [1.807, 2.05) is 18.5 Å². The number of hydrogen-bond acceptors (Lipinski definition) is 3. The van der Waals surface area contributed by atoms with Gasteiger partial charge in [0.15, 0.2) is 0 Å². The first-order valence-corrected chi connectivity index (χ1v) is 8.88. The molecule has 1 aromatic rings. The Labute approximate surface area is 150 Å². The van der Waals surface area contributed by atoms with E-state index in [0.717, 1.165) is 18.7 Å². The van der Waals surface area contributed by atoms with E-state index in [1.165, 1.54) is 0 Å². The summed E-state index contributed by atoms with van der Waals surface area (Å²) in [7, 11) is 0. The maximum atomic E-state index is 12.3. The van der Waals surface area contributed by atoms with Crippen molar-refractivity contribution in [1.82, 2.24) is 15.1 Å². The molecular weight excluding hydrogens is 320 g/mol. The largest absolute Gasteiger partial charge is 0.481 e. The molecule has 1 heterocycles. The molecule has 25 heavy (non-hydrogen) atoms. The van der Waals surface area contributed by atoms with Crippen LogP contribution in [0.2, 0.25) is 0 Å². The van der Waals surface area contributed by atoms with Gasteiger partial charge in [0.2, 0.25) is 0 Å². The van der Waals surface area contributed by atoms with Crippen LogP contribution in [0.15, 0.2) is 6.20 Å². The van der Waals surface area contributed by atoms with E-state index < -0.39 is 11.5 Å². The predicted molar refractivity (Wildman–Crippen MR) is 98.9 cm³/mol. The van der Waals surface area contributed by atoms with Gasteiger partial charge in [-0.2, -0.15) is 5.10 Å². The van der Waals surface area contributed by atoms with Crippen molar-refractivity contribution in [3.63, 3.8) is 0 Å². The molecular formula is C18H32N4O3. The van der Waals surface area contributed by atoms with Gasteiger partial charge in [-0.15, -0.1) is 0 Å². The molecule has 0 aliphatic heterocycles. The zero-order chi connectivity index (χ0) is 19.2. The quantitative estimate of drug-likeness (QED) is 0.629. The minimum Gasteiger partial charge on any atom is -0.481 e. The highest BCUT2D eigenvalue weighted by Crippen LogP contribution is 2.25. The Morgan fingerprint density at radius 1 is 1.28 bits per heavy atom. The number of urea groups is 1. The first kappa shape index (κ1) is 21.0. The number of hydrogen-bond donors (Lipinski definition) is 3. The Bertz CT molecular complexity index is 591. The molecule has 0 fully saturated rings. The monoisotopic (exact) mass is 352 g/mol. The van der Waals surface area contributed by atoms with E-state index in [9.17, 15) is 9.59 Å². The fourth-order valence-corrected chi connectivity index (χ4v) is 2.60. The lowest BCUT2D eigenvalue weighted by Crippen LogP contribution is -2.45. The highest BCUT2D eigenvalue weighted by molar-refractivity contribution is 5.90. The summed E-state index contributed by atoms with van der Waals surface area (Å²) >= 11 is 0. The second kappa shape index (κ2) is 8.87. The molecule has 0 saturated heterocycles. The lowest BCUT2D eigenvalue weighted by molar-refractivity contribution is -0.137. The van der Waals surface area contributed by atoms with Gasteiger partial charge in [-0.25, -0.2) is 4.79 Å². The number of carboxylic acid groups (broad SMARTS) is 1. The fraction of sp³-hybridized carbons (Fsp3) is 0.722. The van der Waals surface area contributed by atoms with Crippen LogP contribution in [0.3, 0.4) is 0 Å². The molecule has 0 saturated carbocycles. The highest BCUT2D eigenvalue weighted by atomic mass is 16.4. The van der Waals surface area contributed by atoms with Gasteiger partial charge in [0.05, 0.1) is 17.6 Å². The number of aliphatic carboxylic acids is 1. The van der Waals surface area contributed by atoms with Gasteiger partial charge < -0.3 is 15.7 Å². The average Bonchev–Trinajstić information content (AvgIpc) is 2.85. The van der Waals surface area contributed by atoms with E-state index in [4.69, 9.17) is 5.11 Å².